The Morgan fingerprint density at radius 3 is 2.91 bits per heavy atom. The largest absolute Gasteiger partial charge is 0.335 e. The van der Waals surface area contributed by atoms with Gasteiger partial charge in [0.05, 0.1) is 6.07 Å². The van der Waals surface area contributed by atoms with E-state index in [1.807, 2.05) is 13.0 Å². The maximum atomic E-state index is 11.0. The summed E-state index contributed by atoms with van der Waals surface area (Å²) in [5.74, 6) is 0.167. The van der Waals surface area contributed by atoms with E-state index in [0.29, 0.717) is 19.5 Å². The van der Waals surface area contributed by atoms with E-state index in [1.54, 1.807) is 4.90 Å². The zero-order chi connectivity index (χ0) is 8.27. The van der Waals surface area contributed by atoms with Gasteiger partial charge in [-0.3, -0.25) is 4.79 Å². The Bertz CT molecular complexity index is 229. The minimum Gasteiger partial charge on any atom is -0.335 e. The van der Waals surface area contributed by atoms with E-state index in [4.69, 9.17) is 5.26 Å². The molecule has 0 atom stereocenters. The summed E-state index contributed by atoms with van der Waals surface area (Å²) in [5.41, 5.74) is 1.05. The second-order valence-electron chi connectivity index (χ2n) is 2.54. The Labute approximate surface area is 65.9 Å². The first kappa shape index (κ1) is 7.80. The average Bonchev–Trinajstić information content (AvgIpc) is 1.94. The number of carbonyl (C=O) groups is 1. The highest BCUT2D eigenvalue weighted by Gasteiger charge is 2.23. The molecule has 0 spiro atoms. The first-order chi connectivity index (χ1) is 5.27. The number of hydrogen-bond acceptors (Lipinski definition) is 2. The number of likely N-dealkylation sites (tertiary alicyclic amines) is 1. The monoisotopic (exact) mass is 150 g/mol. The lowest BCUT2D eigenvalue weighted by molar-refractivity contribution is -0.132. The first-order valence-corrected chi connectivity index (χ1v) is 3.63. The van der Waals surface area contributed by atoms with Crippen LogP contribution < -0.4 is 0 Å². The van der Waals surface area contributed by atoms with Gasteiger partial charge < -0.3 is 4.90 Å². The molecule has 0 aliphatic carbocycles. The Kier molecular flexibility index (Phi) is 2.27. The molecule has 0 aromatic rings. The van der Waals surface area contributed by atoms with Gasteiger partial charge in [0.1, 0.15) is 0 Å². The number of carbonyl (C=O) groups excluding carboxylic acids is 1. The minimum atomic E-state index is 0.167. The van der Waals surface area contributed by atoms with Gasteiger partial charge in [0, 0.05) is 25.6 Å². The van der Waals surface area contributed by atoms with E-state index in [-0.39, 0.29) is 5.91 Å². The third-order valence-corrected chi connectivity index (χ3v) is 1.71. The van der Waals surface area contributed by atoms with Gasteiger partial charge in [-0.1, -0.05) is 6.92 Å². The zero-order valence-corrected chi connectivity index (χ0v) is 6.50. The Morgan fingerprint density at radius 2 is 2.45 bits per heavy atom. The molecule has 1 rings (SSSR count). The standard InChI is InChI=1S/C8H10N2O/c1-2-8(11)10-5-7(6-10)3-4-9/h3H,2,5-6H2,1H3. The molecule has 1 heterocycles. The molecule has 0 N–H and O–H groups in total. The lowest BCUT2D eigenvalue weighted by atomic mass is 10.1. The fourth-order valence-corrected chi connectivity index (χ4v) is 1.03. The zero-order valence-electron chi connectivity index (χ0n) is 6.50. The van der Waals surface area contributed by atoms with Crippen molar-refractivity contribution in [1.82, 2.24) is 4.90 Å². The van der Waals surface area contributed by atoms with Crippen LogP contribution in [0.3, 0.4) is 0 Å². The number of allylic oxidation sites excluding steroid dienone is 1. The lowest BCUT2D eigenvalue weighted by Gasteiger charge is -2.33. The highest BCUT2D eigenvalue weighted by atomic mass is 16.2. The highest BCUT2D eigenvalue weighted by Crippen LogP contribution is 2.14. The molecule has 1 amide bonds. The van der Waals surface area contributed by atoms with Crippen molar-refractivity contribution in [2.75, 3.05) is 13.1 Å². The SMILES string of the molecule is CCC(=O)N1CC(=CC#N)C1. The molecule has 11 heavy (non-hydrogen) atoms. The van der Waals surface area contributed by atoms with Crippen LogP contribution in [0.15, 0.2) is 11.6 Å². The summed E-state index contributed by atoms with van der Waals surface area (Å²) < 4.78 is 0. The average molecular weight is 150 g/mol. The maximum Gasteiger partial charge on any atom is 0.222 e. The van der Waals surface area contributed by atoms with Crippen molar-refractivity contribution in [3.63, 3.8) is 0 Å². The Morgan fingerprint density at radius 1 is 1.82 bits per heavy atom. The molecule has 1 aliphatic heterocycles. The number of hydrogen-bond donors (Lipinski definition) is 0. The summed E-state index contributed by atoms with van der Waals surface area (Å²) in [7, 11) is 0. The van der Waals surface area contributed by atoms with Crippen molar-refractivity contribution < 1.29 is 4.79 Å². The van der Waals surface area contributed by atoms with Crippen LogP contribution in [0.4, 0.5) is 0 Å². The maximum absolute atomic E-state index is 11.0. The van der Waals surface area contributed by atoms with Crippen molar-refractivity contribution in [2.24, 2.45) is 0 Å². The number of amides is 1. The number of rotatable bonds is 1. The van der Waals surface area contributed by atoms with Crippen molar-refractivity contribution in [3.05, 3.63) is 11.6 Å². The van der Waals surface area contributed by atoms with Crippen molar-refractivity contribution in [3.8, 4) is 6.07 Å². The van der Waals surface area contributed by atoms with E-state index < -0.39 is 0 Å². The molecule has 58 valence electrons. The molecule has 0 aromatic carbocycles. The fourth-order valence-electron chi connectivity index (χ4n) is 1.03. The van der Waals surface area contributed by atoms with E-state index in [0.717, 1.165) is 5.57 Å². The van der Waals surface area contributed by atoms with Gasteiger partial charge in [0.15, 0.2) is 0 Å². The van der Waals surface area contributed by atoms with Gasteiger partial charge in [0.25, 0.3) is 0 Å². The Balaban J connectivity index is 2.36. The van der Waals surface area contributed by atoms with Gasteiger partial charge in [-0.25, -0.2) is 0 Å². The van der Waals surface area contributed by atoms with E-state index in [2.05, 4.69) is 0 Å². The van der Waals surface area contributed by atoms with Crippen LogP contribution in [-0.2, 0) is 4.79 Å². The van der Waals surface area contributed by atoms with Crippen LogP contribution in [0.25, 0.3) is 0 Å². The molecular formula is C8H10N2O. The molecule has 0 unspecified atom stereocenters. The van der Waals surface area contributed by atoms with Crippen LogP contribution in [-0.4, -0.2) is 23.9 Å². The summed E-state index contributed by atoms with van der Waals surface area (Å²) >= 11 is 0. The summed E-state index contributed by atoms with van der Waals surface area (Å²) in [6.45, 7) is 3.15. The molecule has 1 saturated heterocycles. The van der Waals surface area contributed by atoms with Gasteiger partial charge in [0.2, 0.25) is 5.91 Å². The van der Waals surface area contributed by atoms with Crippen LogP contribution >= 0.6 is 0 Å². The molecule has 1 fully saturated rings. The molecule has 0 saturated carbocycles. The second kappa shape index (κ2) is 3.20. The molecule has 3 heteroatoms. The van der Waals surface area contributed by atoms with Crippen LogP contribution in [0, 0.1) is 11.3 Å². The molecule has 1 aliphatic rings. The van der Waals surface area contributed by atoms with E-state index in [9.17, 15) is 4.79 Å². The van der Waals surface area contributed by atoms with Crippen molar-refractivity contribution in [2.45, 2.75) is 13.3 Å². The number of nitriles is 1. The smallest absolute Gasteiger partial charge is 0.222 e. The van der Waals surface area contributed by atoms with Gasteiger partial charge >= 0.3 is 0 Å². The quantitative estimate of drug-likeness (QED) is 0.516. The molecular weight excluding hydrogens is 140 g/mol. The van der Waals surface area contributed by atoms with Crippen LogP contribution in [0.1, 0.15) is 13.3 Å². The van der Waals surface area contributed by atoms with Crippen LogP contribution in [0.5, 0.6) is 0 Å². The summed E-state index contributed by atoms with van der Waals surface area (Å²) in [6, 6.07) is 1.95. The number of nitrogens with zero attached hydrogens (tertiary/aromatic N) is 2. The van der Waals surface area contributed by atoms with E-state index in [1.165, 1.54) is 6.08 Å². The van der Waals surface area contributed by atoms with Crippen molar-refractivity contribution >= 4 is 5.91 Å². The Hall–Kier alpha value is -1.30. The normalized spacial score (nSPS) is 15.3. The van der Waals surface area contributed by atoms with Gasteiger partial charge in [-0.05, 0) is 5.57 Å². The third kappa shape index (κ3) is 1.58. The second-order valence-corrected chi connectivity index (χ2v) is 2.54. The third-order valence-electron chi connectivity index (χ3n) is 1.71. The highest BCUT2D eigenvalue weighted by molar-refractivity contribution is 5.77. The van der Waals surface area contributed by atoms with E-state index >= 15 is 0 Å². The first-order valence-electron chi connectivity index (χ1n) is 3.63. The summed E-state index contributed by atoms with van der Waals surface area (Å²) in [5, 5.41) is 8.25. The molecule has 0 bridgehead atoms. The summed E-state index contributed by atoms with van der Waals surface area (Å²) in [6.07, 6.45) is 2.07. The fraction of sp³-hybridized carbons (Fsp3) is 0.500. The van der Waals surface area contributed by atoms with Gasteiger partial charge in [-0.15, -0.1) is 0 Å². The minimum absolute atomic E-state index is 0.167. The van der Waals surface area contributed by atoms with Crippen LogP contribution in [0.2, 0.25) is 0 Å². The summed E-state index contributed by atoms with van der Waals surface area (Å²) in [4.78, 5) is 12.7. The lowest BCUT2D eigenvalue weighted by Crippen LogP contribution is -2.44. The predicted octanol–water partition coefficient (Wildman–Crippen LogP) is 0.689. The molecule has 0 radical (unpaired) electrons. The predicted molar refractivity (Wildman–Crippen MR) is 40.6 cm³/mol. The van der Waals surface area contributed by atoms with Gasteiger partial charge in [-0.2, -0.15) is 5.26 Å². The molecule has 3 nitrogen and oxygen atoms in total. The topological polar surface area (TPSA) is 44.1 Å². The molecule has 0 aromatic heterocycles. The van der Waals surface area contributed by atoms with Crippen molar-refractivity contribution in [1.29, 1.82) is 5.26 Å².